The molecule has 0 saturated heterocycles. The predicted octanol–water partition coefficient (Wildman–Crippen LogP) is 4.06. The summed E-state index contributed by atoms with van der Waals surface area (Å²) in [6, 6.07) is 9.90. The van der Waals surface area contributed by atoms with Crippen LogP contribution in [0.15, 0.2) is 67.6 Å². The van der Waals surface area contributed by atoms with Crippen LogP contribution in [-0.2, 0) is 0 Å². The summed E-state index contributed by atoms with van der Waals surface area (Å²) < 4.78 is 1.98. The summed E-state index contributed by atoms with van der Waals surface area (Å²) in [5, 5.41) is 9.65. The third-order valence-electron chi connectivity index (χ3n) is 5.14. The van der Waals surface area contributed by atoms with Crippen molar-refractivity contribution >= 4 is 21.8 Å². The number of pyridine rings is 3. The Morgan fingerprint density at radius 2 is 1.87 bits per heavy atom. The Morgan fingerprint density at radius 1 is 0.900 bits per heavy atom. The SMILES string of the molecule is Cc1cn(-c2cncc3[nH]c(-c4n[nH]c5cnc(-c6ccccn6)cc45)cc23)cn1. The monoisotopic (exact) mass is 392 g/mol. The standard InChI is InChI=1S/C22H16N8/c1-13-11-30(12-26-13)21-10-23-8-19-14(21)6-18(27-19)22-15-7-17(16-4-2-3-5-24-16)25-9-20(15)28-29-22/h2-12,27H,1H3,(H,28,29). The minimum absolute atomic E-state index is 0.804. The molecule has 0 aromatic carbocycles. The third-order valence-corrected chi connectivity index (χ3v) is 5.14. The number of hydrogen-bond acceptors (Lipinski definition) is 5. The lowest BCUT2D eigenvalue weighted by Gasteiger charge is -2.02. The molecular formula is C22H16N8. The average molecular weight is 392 g/mol. The number of aromatic amines is 2. The van der Waals surface area contributed by atoms with Crippen LogP contribution in [0.2, 0.25) is 0 Å². The molecule has 8 nitrogen and oxygen atoms in total. The van der Waals surface area contributed by atoms with Crippen LogP contribution in [0.1, 0.15) is 5.69 Å². The lowest BCUT2D eigenvalue weighted by atomic mass is 10.1. The molecule has 0 bridgehead atoms. The van der Waals surface area contributed by atoms with Gasteiger partial charge in [-0.25, -0.2) is 4.98 Å². The summed E-state index contributed by atoms with van der Waals surface area (Å²) in [5.41, 5.74) is 7.08. The van der Waals surface area contributed by atoms with Crippen molar-refractivity contribution in [1.82, 2.24) is 39.7 Å². The number of fused-ring (bicyclic) bond motifs is 2. The summed E-state index contributed by atoms with van der Waals surface area (Å²) in [6.07, 6.45) is 11.0. The van der Waals surface area contributed by atoms with Crippen molar-refractivity contribution in [3.63, 3.8) is 0 Å². The zero-order chi connectivity index (χ0) is 20.1. The quantitative estimate of drug-likeness (QED) is 0.473. The minimum Gasteiger partial charge on any atom is -0.352 e. The van der Waals surface area contributed by atoms with Gasteiger partial charge in [0.2, 0.25) is 0 Å². The number of hydrogen-bond donors (Lipinski definition) is 2. The van der Waals surface area contributed by atoms with Crippen molar-refractivity contribution in [1.29, 1.82) is 0 Å². The van der Waals surface area contributed by atoms with Crippen molar-refractivity contribution < 1.29 is 0 Å². The van der Waals surface area contributed by atoms with E-state index < -0.39 is 0 Å². The van der Waals surface area contributed by atoms with Gasteiger partial charge in [-0.1, -0.05) is 6.07 Å². The molecule has 6 aromatic rings. The van der Waals surface area contributed by atoms with Crippen molar-refractivity contribution in [2.24, 2.45) is 0 Å². The number of nitrogens with one attached hydrogen (secondary N) is 2. The molecule has 0 fully saturated rings. The van der Waals surface area contributed by atoms with Crippen molar-refractivity contribution in [3.05, 3.63) is 73.3 Å². The summed E-state index contributed by atoms with van der Waals surface area (Å²) >= 11 is 0. The van der Waals surface area contributed by atoms with Gasteiger partial charge in [-0.15, -0.1) is 0 Å². The molecule has 6 aromatic heterocycles. The normalized spacial score (nSPS) is 11.5. The molecule has 2 N–H and O–H groups in total. The first-order valence-electron chi connectivity index (χ1n) is 9.50. The van der Waals surface area contributed by atoms with Crippen LogP contribution in [-0.4, -0.2) is 39.7 Å². The van der Waals surface area contributed by atoms with E-state index in [0.29, 0.717) is 0 Å². The second kappa shape index (κ2) is 6.35. The first-order chi connectivity index (χ1) is 14.8. The van der Waals surface area contributed by atoms with E-state index in [4.69, 9.17) is 0 Å². The van der Waals surface area contributed by atoms with Gasteiger partial charge in [-0.3, -0.25) is 20.1 Å². The number of aromatic nitrogens is 8. The van der Waals surface area contributed by atoms with Crippen molar-refractivity contribution in [2.75, 3.05) is 0 Å². The molecule has 0 atom stereocenters. The Labute approximate surface area is 170 Å². The zero-order valence-electron chi connectivity index (χ0n) is 16.0. The Hall–Kier alpha value is -4.33. The van der Waals surface area contributed by atoms with Crippen LogP contribution in [0.3, 0.4) is 0 Å². The molecular weight excluding hydrogens is 376 g/mol. The molecule has 0 radical (unpaired) electrons. The number of aryl methyl sites for hydroxylation is 1. The topological polar surface area (TPSA) is 101 Å². The van der Waals surface area contributed by atoms with E-state index >= 15 is 0 Å². The van der Waals surface area contributed by atoms with Gasteiger partial charge in [0.1, 0.15) is 5.69 Å². The molecule has 0 saturated carbocycles. The van der Waals surface area contributed by atoms with Crippen LogP contribution >= 0.6 is 0 Å². The van der Waals surface area contributed by atoms with Crippen LogP contribution in [0.25, 0.3) is 50.3 Å². The molecule has 0 aliphatic rings. The Kier molecular flexibility index (Phi) is 3.51. The van der Waals surface area contributed by atoms with E-state index in [9.17, 15) is 0 Å². The fourth-order valence-corrected chi connectivity index (χ4v) is 3.70. The van der Waals surface area contributed by atoms with Crippen molar-refractivity contribution in [2.45, 2.75) is 6.92 Å². The van der Waals surface area contributed by atoms with Gasteiger partial charge >= 0.3 is 0 Å². The Bertz CT molecular complexity index is 1510. The Balaban J connectivity index is 1.52. The molecule has 144 valence electrons. The van der Waals surface area contributed by atoms with Crippen LogP contribution in [0.4, 0.5) is 0 Å². The second-order valence-corrected chi connectivity index (χ2v) is 7.13. The fourth-order valence-electron chi connectivity index (χ4n) is 3.70. The van der Waals surface area contributed by atoms with E-state index in [0.717, 1.165) is 56.0 Å². The predicted molar refractivity (Wildman–Crippen MR) is 114 cm³/mol. The number of H-pyrrole nitrogens is 2. The number of imidazole rings is 1. The minimum atomic E-state index is 0.804. The molecule has 30 heavy (non-hydrogen) atoms. The van der Waals surface area contributed by atoms with Gasteiger partial charge < -0.3 is 9.55 Å². The lowest BCUT2D eigenvalue weighted by molar-refractivity contribution is 1.05. The van der Waals surface area contributed by atoms with E-state index in [2.05, 4.69) is 41.2 Å². The maximum absolute atomic E-state index is 4.55. The Morgan fingerprint density at radius 3 is 2.70 bits per heavy atom. The fraction of sp³-hybridized carbons (Fsp3) is 0.0455. The molecule has 8 heteroatoms. The van der Waals surface area contributed by atoms with Gasteiger partial charge in [0.05, 0.1) is 64.4 Å². The highest BCUT2D eigenvalue weighted by Crippen LogP contribution is 2.32. The van der Waals surface area contributed by atoms with Gasteiger partial charge in [-0.2, -0.15) is 5.10 Å². The zero-order valence-corrected chi connectivity index (χ0v) is 16.0. The number of rotatable bonds is 3. The molecule has 6 rings (SSSR count). The van der Waals surface area contributed by atoms with Gasteiger partial charge in [0.25, 0.3) is 0 Å². The molecule has 6 heterocycles. The maximum Gasteiger partial charge on any atom is 0.116 e. The summed E-state index contributed by atoms with van der Waals surface area (Å²) in [6.45, 7) is 1.97. The van der Waals surface area contributed by atoms with Gasteiger partial charge in [0.15, 0.2) is 0 Å². The largest absolute Gasteiger partial charge is 0.352 e. The van der Waals surface area contributed by atoms with E-state index in [1.165, 1.54) is 0 Å². The smallest absolute Gasteiger partial charge is 0.116 e. The summed E-state index contributed by atoms with van der Waals surface area (Å²) in [7, 11) is 0. The average Bonchev–Trinajstić information content (AvgIpc) is 3.51. The molecule has 0 aliphatic heterocycles. The highest BCUT2D eigenvalue weighted by Gasteiger charge is 2.15. The second-order valence-electron chi connectivity index (χ2n) is 7.13. The first kappa shape index (κ1) is 16.6. The maximum atomic E-state index is 4.55. The van der Waals surface area contributed by atoms with Crippen LogP contribution in [0.5, 0.6) is 0 Å². The van der Waals surface area contributed by atoms with E-state index in [1.807, 2.05) is 54.3 Å². The van der Waals surface area contributed by atoms with Crippen LogP contribution < -0.4 is 0 Å². The summed E-state index contributed by atoms with van der Waals surface area (Å²) in [5.74, 6) is 0. The highest BCUT2D eigenvalue weighted by molar-refractivity contribution is 5.98. The van der Waals surface area contributed by atoms with Crippen molar-refractivity contribution in [3.8, 4) is 28.5 Å². The summed E-state index contributed by atoms with van der Waals surface area (Å²) in [4.78, 5) is 21.1. The number of nitrogens with zero attached hydrogens (tertiary/aromatic N) is 6. The van der Waals surface area contributed by atoms with E-state index in [-0.39, 0.29) is 0 Å². The van der Waals surface area contributed by atoms with Gasteiger partial charge in [0, 0.05) is 23.2 Å². The molecule has 0 amide bonds. The molecule has 0 aliphatic carbocycles. The van der Waals surface area contributed by atoms with Gasteiger partial charge in [-0.05, 0) is 31.2 Å². The van der Waals surface area contributed by atoms with Crippen LogP contribution in [0, 0.1) is 6.92 Å². The van der Waals surface area contributed by atoms with E-state index in [1.54, 1.807) is 18.7 Å². The molecule has 0 unspecified atom stereocenters. The highest BCUT2D eigenvalue weighted by atomic mass is 15.1. The lowest BCUT2D eigenvalue weighted by Crippen LogP contribution is -1.91. The molecule has 0 spiro atoms. The first-order valence-corrected chi connectivity index (χ1v) is 9.50. The third kappa shape index (κ3) is 2.58.